The first-order valence-corrected chi connectivity index (χ1v) is 5.11. The molecule has 0 aromatic heterocycles. The van der Waals surface area contributed by atoms with Gasteiger partial charge in [0, 0.05) is 6.21 Å². The first kappa shape index (κ1) is 10.6. The third kappa shape index (κ3) is 2.34. The highest BCUT2D eigenvalue weighted by Gasteiger charge is 1.99. The van der Waals surface area contributed by atoms with E-state index in [-0.39, 0.29) is 5.82 Å². The lowest BCUT2D eigenvalue weighted by Gasteiger charge is -2.00. The summed E-state index contributed by atoms with van der Waals surface area (Å²) in [5, 5.41) is 0. The zero-order valence-corrected chi connectivity index (χ0v) is 9.02. The van der Waals surface area contributed by atoms with Gasteiger partial charge in [0.2, 0.25) is 0 Å². The van der Waals surface area contributed by atoms with Crippen molar-refractivity contribution in [1.29, 1.82) is 0 Å². The molecule has 0 aliphatic rings. The van der Waals surface area contributed by atoms with Gasteiger partial charge < -0.3 is 0 Å². The molecule has 2 aromatic rings. The van der Waals surface area contributed by atoms with Crippen LogP contribution in [0.2, 0.25) is 0 Å². The second kappa shape index (κ2) is 4.71. The number of halogens is 1. The van der Waals surface area contributed by atoms with Gasteiger partial charge in [-0.25, -0.2) is 4.39 Å². The van der Waals surface area contributed by atoms with Crippen molar-refractivity contribution in [1.82, 2.24) is 0 Å². The largest absolute Gasteiger partial charge is 0.256 e. The summed E-state index contributed by atoms with van der Waals surface area (Å²) < 4.78 is 13.2. The molecule has 0 saturated carbocycles. The highest BCUT2D eigenvalue weighted by Crippen LogP contribution is 2.13. The van der Waals surface area contributed by atoms with Gasteiger partial charge in [-0.05, 0) is 36.2 Å². The second-order valence-electron chi connectivity index (χ2n) is 3.55. The summed E-state index contributed by atoms with van der Waals surface area (Å²) in [6, 6.07) is 14.6. The van der Waals surface area contributed by atoms with Crippen molar-refractivity contribution in [2.45, 2.75) is 6.92 Å². The number of hydrogen-bond acceptors (Lipinski definition) is 1. The molecule has 0 bridgehead atoms. The van der Waals surface area contributed by atoms with Crippen LogP contribution in [0.15, 0.2) is 53.5 Å². The highest BCUT2D eigenvalue weighted by atomic mass is 19.1. The average Bonchev–Trinajstić information content (AvgIpc) is 2.32. The van der Waals surface area contributed by atoms with Gasteiger partial charge in [0.1, 0.15) is 5.82 Å². The third-order valence-corrected chi connectivity index (χ3v) is 2.42. The van der Waals surface area contributed by atoms with Crippen molar-refractivity contribution < 1.29 is 4.39 Å². The molecule has 0 spiro atoms. The third-order valence-electron chi connectivity index (χ3n) is 2.42. The summed E-state index contributed by atoms with van der Waals surface area (Å²) in [6.45, 7) is 1.75. The second-order valence-corrected chi connectivity index (χ2v) is 3.55. The summed E-state index contributed by atoms with van der Waals surface area (Å²) in [7, 11) is 0. The molecule has 2 aromatic carbocycles. The zero-order valence-electron chi connectivity index (χ0n) is 9.02. The quantitative estimate of drug-likeness (QED) is 0.671. The number of benzene rings is 2. The molecule has 80 valence electrons. The normalized spacial score (nSPS) is 10.9. The van der Waals surface area contributed by atoms with Gasteiger partial charge in [0.25, 0.3) is 0 Å². The van der Waals surface area contributed by atoms with Crippen molar-refractivity contribution in [3.05, 3.63) is 65.5 Å². The van der Waals surface area contributed by atoms with E-state index in [0.717, 1.165) is 11.3 Å². The fourth-order valence-corrected chi connectivity index (χ4v) is 1.42. The van der Waals surface area contributed by atoms with E-state index >= 15 is 0 Å². The van der Waals surface area contributed by atoms with E-state index in [9.17, 15) is 4.39 Å². The average molecular weight is 213 g/mol. The molecular weight excluding hydrogens is 201 g/mol. The molecule has 0 aliphatic heterocycles. The van der Waals surface area contributed by atoms with Gasteiger partial charge in [-0.15, -0.1) is 0 Å². The maximum Gasteiger partial charge on any atom is 0.126 e. The van der Waals surface area contributed by atoms with Crippen molar-refractivity contribution >= 4 is 11.9 Å². The molecule has 0 N–H and O–H groups in total. The molecule has 0 atom stereocenters. The first-order valence-electron chi connectivity index (χ1n) is 5.11. The summed E-state index contributed by atoms with van der Waals surface area (Å²) >= 11 is 0. The Hall–Kier alpha value is -1.96. The minimum Gasteiger partial charge on any atom is -0.256 e. The van der Waals surface area contributed by atoms with Crippen LogP contribution in [0.5, 0.6) is 0 Å². The van der Waals surface area contributed by atoms with Crippen LogP contribution in [-0.4, -0.2) is 6.21 Å². The van der Waals surface area contributed by atoms with E-state index in [4.69, 9.17) is 0 Å². The minimum atomic E-state index is -0.197. The fraction of sp³-hybridized carbons (Fsp3) is 0.0714. The van der Waals surface area contributed by atoms with Crippen LogP contribution >= 0.6 is 0 Å². The van der Waals surface area contributed by atoms with E-state index < -0.39 is 0 Å². The van der Waals surface area contributed by atoms with E-state index in [0.29, 0.717) is 5.56 Å². The standard InChI is InChI=1S/C14H12FN/c1-11-12(6-5-9-14(11)15)10-16-13-7-3-2-4-8-13/h2-10H,1H3/b16-10+. The van der Waals surface area contributed by atoms with Gasteiger partial charge in [-0.1, -0.05) is 30.3 Å². The lowest BCUT2D eigenvalue weighted by Crippen LogP contribution is -1.90. The van der Waals surface area contributed by atoms with Gasteiger partial charge in [-0.3, -0.25) is 4.99 Å². The molecule has 1 nitrogen and oxygen atoms in total. The molecule has 0 unspecified atom stereocenters. The van der Waals surface area contributed by atoms with Gasteiger partial charge in [0.05, 0.1) is 5.69 Å². The molecule has 0 radical (unpaired) electrons. The van der Waals surface area contributed by atoms with Gasteiger partial charge >= 0.3 is 0 Å². The van der Waals surface area contributed by atoms with Crippen LogP contribution in [0.4, 0.5) is 10.1 Å². The summed E-state index contributed by atoms with van der Waals surface area (Å²) in [5.74, 6) is -0.197. The van der Waals surface area contributed by atoms with Gasteiger partial charge in [0.15, 0.2) is 0 Å². The zero-order chi connectivity index (χ0) is 11.4. The van der Waals surface area contributed by atoms with Crippen LogP contribution in [0.1, 0.15) is 11.1 Å². The Labute approximate surface area is 94.3 Å². The Morgan fingerprint density at radius 2 is 1.75 bits per heavy atom. The Bertz CT molecular complexity index is 503. The van der Waals surface area contributed by atoms with Crippen molar-refractivity contribution in [3.63, 3.8) is 0 Å². The molecular formula is C14H12FN. The minimum absolute atomic E-state index is 0.197. The van der Waals surface area contributed by atoms with E-state index in [1.807, 2.05) is 36.4 Å². The molecule has 0 saturated heterocycles. The highest BCUT2D eigenvalue weighted by molar-refractivity contribution is 5.83. The SMILES string of the molecule is Cc1c(F)cccc1/C=N/c1ccccc1. The number of para-hydroxylation sites is 1. The Morgan fingerprint density at radius 1 is 1.00 bits per heavy atom. The summed E-state index contributed by atoms with van der Waals surface area (Å²) in [4.78, 5) is 4.29. The first-order chi connectivity index (χ1) is 7.77. The molecule has 2 rings (SSSR count). The molecule has 16 heavy (non-hydrogen) atoms. The maximum atomic E-state index is 13.2. The van der Waals surface area contributed by atoms with E-state index in [2.05, 4.69) is 4.99 Å². The summed E-state index contributed by atoms with van der Waals surface area (Å²) in [6.07, 6.45) is 1.69. The van der Waals surface area contributed by atoms with Crippen molar-refractivity contribution in [2.24, 2.45) is 4.99 Å². The van der Waals surface area contributed by atoms with E-state index in [1.54, 1.807) is 19.2 Å². The maximum absolute atomic E-state index is 13.2. The predicted octanol–water partition coefficient (Wildman–Crippen LogP) is 3.88. The number of hydrogen-bond donors (Lipinski definition) is 0. The van der Waals surface area contributed by atoms with Gasteiger partial charge in [-0.2, -0.15) is 0 Å². The topological polar surface area (TPSA) is 12.4 Å². The molecule has 0 fully saturated rings. The fourth-order valence-electron chi connectivity index (χ4n) is 1.42. The molecule has 0 amide bonds. The lowest BCUT2D eigenvalue weighted by atomic mass is 10.1. The molecule has 0 aliphatic carbocycles. The molecule has 0 heterocycles. The monoisotopic (exact) mass is 213 g/mol. The summed E-state index contributed by atoms with van der Waals surface area (Å²) in [5.41, 5.74) is 2.30. The molecule has 2 heteroatoms. The Morgan fingerprint density at radius 3 is 2.50 bits per heavy atom. The van der Waals surface area contributed by atoms with Crippen LogP contribution < -0.4 is 0 Å². The van der Waals surface area contributed by atoms with E-state index in [1.165, 1.54) is 6.07 Å². The predicted molar refractivity (Wildman–Crippen MR) is 64.8 cm³/mol. The Kier molecular flexibility index (Phi) is 3.10. The number of rotatable bonds is 2. The number of nitrogens with zero attached hydrogens (tertiary/aromatic N) is 1. The lowest BCUT2D eigenvalue weighted by molar-refractivity contribution is 0.618. The number of aliphatic imine (C=N–C) groups is 1. The van der Waals surface area contributed by atoms with Crippen LogP contribution in [0.25, 0.3) is 0 Å². The van der Waals surface area contributed by atoms with Crippen LogP contribution in [-0.2, 0) is 0 Å². The van der Waals surface area contributed by atoms with Crippen LogP contribution in [0.3, 0.4) is 0 Å². The Balaban J connectivity index is 2.28. The smallest absolute Gasteiger partial charge is 0.126 e. The van der Waals surface area contributed by atoms with Crippen molar-refractivity contribution in [2.75, 3.05) is 0 Å². The van der Waals surface area contributed by atoms with Crippen LogP contribution in [0, 0.1) is 12.7 Å². The van der Waals surface area contributed by atoms with Crippen molar-refractivity contribution in [3.8, 4) is 0 Å².